The summed E-state index contributed by atoms with van der Waals surface area (Å²) < 4.78 is 36.4. The Morgan fingerprint density at radius 3 is 2.25 bits per heavy atom. The molecule has 0 aromatic rings. The maximum Gasteiger partial charge on any atom is 0.213 e. The van der Waals surface area contributed by atoms with Crippen molar-refractivity contribution in [1.29, 1.82) is 0 Å². The molecule has 0 radical (unpaired) electrons. The fraction of sp³-hybridized carbons (Fsp3) is 1.00. The minimum absolute atomic E-state index is 0. The maximum atomic E-state index is 11.9. The molecule has 0 saturated carbocycles. The maximum absolute atomic E-state index is 11.9. The Bertz CT molecular complexity index is 283. The second kappa shape index (κ2) is 7.42. The van der Waals surface area contributed by atoms with Gasteiger partial charge < -0.3 is 5.73 Å². The van der Waals surface area contributed by atoms with Gasteiger partial charge in [0.05, 0.1) is 12.4 Å². The van der Waals surface area contributed by atoms with Gasteiger partial charge in [-0.05, 0) is 18.4 Å². The Balaban J connectivity index is 0. The summed E-state index contributed by atoms with van der Waals surface area (Å²) in [6.45, 7) is 3.96. The number of alkyl halides is 1. The zero-order valence-corrected chi connectivity index (χ0v) is 11.7. The molecular weight excluding hydrogens is 255 g/mol. The van der Waals surface area contributed by atoms with Gasteiger partial charge >= 0.3 is 0 Å². The molecule has 4 nitrogen and oxygen atoms in total. The van der Waals surface area contributed by atoms with E-state index in [0.717, 1.165) is 0 Å². The number of hydrogen-bond donors (Lipinski definition) is 1. The summed E-state index contributed by atoms with van der Waals surface area (Å²) in [5, 5.41) is 0. The zero-order valence-electron chi connectivity index (χ0n) is 10.1. The van der Waals surface area contributed by atoms with Gasteiger partial charge in [-0.3, -0.25) is 4.39 Å². The van der Waals surface area contributed by atoms with E-state index in [2.05, 4.69) is 0 Å². The monoisotopic (exact) mass is 276 g/mol. The van der Waals surface area contributed by atoms with Gasteiger partial charge in [0.2, 0.25) is 10.0 Å². The molecule has 0 aliphatic rings. The Morgan fingerprint density at radius 1 is 1.38 bits per heavy atom. The highest BCUT2D eigenvalue weighted by Gasteiger charge is 2.25. The Kier molecular flexibility index (Phi) is 8.56. The molecule has 2 N–H and O–H groups in total. The second-order valence-electron chi connectivity index (χ2n) is 4.48. The number of nitrogens with zero attached hydrogens (tertiary/aromatic N) is 1. The number of rotatable bonds is 7. The topological polar surface area (TPSA) is 63.4 Å². The van der Waals surface area contributed by atoms with Crippen molar-refractivity contribution in [3.05, 3.63) is 0 Å². The molecule has 0 spiro atoms. The fourth-order valence-electron chi connectivity index (χ4n) is 1.16. The minimum Gasteiger partial charge on any atom is -0.330 e. The molecule has 0 aromatic carbocycles. The van der Waals surface area contributed by atoms with Crippen molar-refractivity contribution in [2.24, 2.45) is 11.1 Å². The van der Waals surface area contributed by atoms with E-state index < -0.39 is 16.7 Å². The zero-order chi connectivity index (χ0) is 12.1. The van der Waals surface area contributed by atoms with E-state index in [1.165, 1.54) is 11.4 Å². The molecule has 0 amide bonds. The number of halogens is 2. The van der Waals surface area contributed by atoms with E-state index in [0.29, 0.717) is 13.1 Å². The number of hydrogen-bond acceptors (Lipinski definition) is 3. The normalized spacial score (nSPS) is 12.6. The standard InChI is InChI=1S/C9H21FN2O2S.ClH/c1-9(2,7-11)8-12(3)15(13,14)6-4-5-10;/h4-8,11H2,1-3H3;1H. The van der Waals surface area contributed by atoms with Gasteiger partial charge in [-0.15, -0.1) is 12.4 Å². The molecule has 0 atom stereocenters. The predicted octanol–water partition coefficient (Wildman–Crippen LogP) is 1.01. The van der Waals surface area contributed by atoms with Crippen LogP contribution in [0.25, 0.3) is 0 Å². The van der Waals surface area contributed by atoms with Crippen LogP contribution in [0.1, 0.15) is 20.3 Å². The van der Waals surface area contributed by atoms with Crippen LogP contribution in [0.2, 0.25) is 0 Å². The molecule has 0 aliphatic carbocycles. The molecule has 0 fully saturated rings. The van der Waals surface area contributed by atoms with Crippen molar-refractivity contribution in [2.75, 3.05) is 32.6 Å². The molecule has 0 heterocycles. The predicted molar refractivity (Wildman–Crippen MR) is 67.1 cm³/mol. The van der Waals surface area contributed by atoms with Crippen molar-refractivity contribution in [3.63, 3.8) is 0 Å². The number of sulfonamides is 1. The van der Waals surface area contributed by atoms with Gasteiger partial charge in [-0.2, -0.15) is 0 Å². The lowest BCUT2D eigenvalue weighted by molar-refractivity contribution is 0.291. The lowest BCUT2D eigenvalue weighted by Gasteiger charge is -2.28. The van der Waals surface area contributed by atoms with E-state index in [4.69, 9.17) is 5.73 Å². The molecule has 16 heavy (non-hydrogen) atoms. The van der Waals surface area contributed by atoms with Crippen LogP contribution in [0.4, 0.5) is 4.39 Å². The summed E-state index contributed by atoms with van der Waals surface area (Å²) in [5.74, 6) is -0.138. The van der Waals surface area contributed by atoms with Crippen molar-refractivity contribution >= 4 is 22.4 Å². The third kappa shape index (κ3) is 6.62. The highest BCUT2D eigenvalue weighted by Crippen LogP contribution is 2.16. The first-order valence-electron chi connectivity index (χ1n) is 4.95. The summed E-state index contributed by atoms with van der Waals surface area (Å²) in [7, 11) is -1.82. The van der Waals surface area contributed by atoms with Crippen molar-refractivity contribution < 1.29 is 12.8 Å². The van der Waals surface area contributed by atoms with E-state index in [9.17, 15) is 12.8 Å². The van der Waals surface area contributed by atoms with Crippen LogP contribution >= 0.6 is 12.4 Å². The largest absolute Gasteiger partial charge is 0.330 e. The molecule has 100 valence electrons. The van der Waals surface area contributed by atoms with Crippen LogP contribution in [0.15, 0.2) is 0 Å². The van der Waals surface area contributed by atoms with Crippen LogP contribution < -0.4 is 5.73 Å². The molecule has 0 bridgehead atoms. The average Bonchev–Trinajstić information content (AvgIpc) is 2.14. The average molecular weight is 277 g/mol. The summed E-state index contributed by atoms with van der Waals surface area (Å²) in [6.07, 6.45) is 0.0513. The SMILES string of the molecule is CN(CC(C)(C)CN)S(=O)(=O)CCCF.Cl. The second-order valence-corrected chi connectivity index (χ2v) is 6.68. The van der Waals surface area contributed by atoms with Crippen molar-refractivity contribution in [2.45, 2.75) is 20.3 Å². The van der Waals surface area contributed by atoms with E-state index in [1.54, 1.807) is 0 Å². The summed E-state index contributed by atoms with van der Waals surface area (Å²) in [4.78, 5) is 0. The Hall–Kier alpha value is 0.0900. The summed E-state index contributed by atoms with van der Waals surface area (Å²) >= 11 is 0. The Labute approximate surface area is 104 Å². The van der Waals surface area contributed by atoms with Crippen molar-refractivity contribution in [1.82, 2.24) is 4.31 Å². The first kappa shape index (κ1) is 18.5. The van der Waals surface area contributed by atoms with Gasteiger partial charge in [0, 0.05) is 13.6 Å². The van der Waals surface area contributed by atoms with E-state index in [-0.39, 0.29) is 30.0 Å². The van der Waals surface area contributed by atoms with Crippen LogP contribution in [-0.2, 0) is 10.0 Å². The molecule has 7 heteroatoms. The minimum atomic E-state index is -3.33. The highest BCUT2D eigenvalue weighted by molar-refractivity contribution is 7.89. The number of nitrogens with two attached hydrogens (primary N) is 1. The molecule has 0 aromatic heterocycles. The van der Waals surface area contributed by atoms with Gasteiger partial charge in [0.25, 0.3) is 0 Å². The summed E-state index contributed by atoms with van der Waals surface area (Å²) in [6, 6.07) is 0. The molecule has 0 rings (SSSR count). The lowest BCUT2D eigenvalue weighted by atomic mass is 9.94. The van der Waals surface area contributed by atoms with Crippen LogP contribution in [0.3, 0.4) is 0 Å². The van der Waals surface area contributed by atoms with E-state index >= 15 is 0 Å². The third-order valence-electron chi connectivity index (χ3n) is 2.21. The first-order chi connectivity index (χ1) is 6.75. The lowest BCUT2D eigenvalue weighted by Crippen LogP contribution is -2.40. The third-order valence-corrected chi connectivity index (χ3v) is 4.10. The van der Waals surface area contributed by atoms with Crippen molar-refractivity contribution in [3.8, 4) is 0 Å². The quantitative estimate of drug-likeness (QED) is 0.755. The molecule has 0 aliphatic heterocycles. The fourth-order valence-corrected chi connectivity index (χ4v) is 2.49. The van der Waals surface area contributed by atoms with Gasteiger partial charge in [-0.25, -0.2) is 12.7 Å². The summed E-state index contributed by atoms with van der Waals surface area (Å²) in [5.41, 5.74) is 5.26. The highest BCUT2D eigenvalue weighted by atomic mass is 35.5. The van der Waals surface area contributed by atoms with Crippen LogP contribution in [-0.4, -0.2) is 45.3 Å². The van der Waals surface area contributed by atoms with Crippen LogP contribution in [0.5, 0.6) is 0 Å². The Morgan fingerprint density at radius 2 is 1.88 bits per heavy atom. The smallest absolute Gasteiger partial charge is 0.213 e. The van der Waals surface area contributed by atoms with Gasteiger partial charge in [0.1, 0.15) is 0 Å². The first-order valence-corrected chi connectivity index (χ1v) is 6.56. The van der Waals surface area contributed by atoms with Gasteiger partial charge in [0.15, 0.2) is 0 Å². The molecule has 0 saturated heterocycles. The van der Waals surface area contributed by atoms with Gasteiger partial charge in [-0.1, -0.05) is 13.8 Å². The molecular formula is C9H22ClFN2O2S. The van der Waals surface area contributed by atoms with E-state index in [1.807, 2.05) is 13.8 Å². The van der Waals surface area contributed by atoms with Crippen LogP contribution in [0, 0.1) is 5.41 Å². The molecule has 0 unspecified atom stereocenters.